The quantitative estimate of drug-likeness (QED) is 0.520. The molecule has 1 heterocycles. The Morgan fingerprint density at radius 2 is 2.00 bits per heavy atom. The van der Waals surface area contributed by atoms with Gasteiger partial charge in [0.05, 0.1) is 31.5 Å². The van der Waals surface area contributed by atoms with Gasteiger partial charge in [-0.25, -0.2) is 10.4 Å². The van der Waals surface area contributed by atoms with E-state index in [0.29, 0.717) is 33.8 Å². The van der Waals surface area contributed by atoms with Crippen LogP contribution >= 0.6 is 0 Å². The van der Waals surface area contributed by atoms with Gasteiger partial charge in [0.25, 0.3) is 11.5 Å². The smallest absolute Gasteiger partial charge is 0.272 e. The molecule has 0 spiro atoms. The number of hydrazone groups is 1. The third-order valence-corrected chi connectivity index (χ3v) is 4.15. The summed E-state index contributed by atoms with van der Waals surface area (Å²) in [6, 6.07) is 12.4. The molecule has 0 bridgehead atoms. The highest BCUT2D eigenvalue weighted by atomic mass is 16.5. The summed E-state index contributed by atoms with van der Waals surface area (Å²) in [6.07, 6.45) is 1.46. The van der Waals surface area contributed by atoms with Crippen molar-refractivity contribution < 1.29 is 14.3 Å². The number of rotatable bonds is 6. The Kier molecular flexibility index (Phi) is 5.69. The zero-order valence-electron chi connectivity index (χ0n) is 15.8. The van der Waals surface area contributed by atoms with Gasteiger partial charge in [-0.1, -0.05) is 12.1 Å². The number of carbonyl (C=O) groups is 1. The van der Waals surface area contributed by atoms with Crippen molar-refractivity contribution in [3.05, 3.63) is 64.1 Å². The Morgan fingerprint density at radius 3 is 2.75 bits per heavy atom. The molecule has 0 atom stereocenters. The Labute approximate surface area is 161 Å². The number of nitrogens with one attached hydrogen (secondary N) is 1. The lowest BCUT2D eigenvalue weighted by atomic mass is 10.2. The van der Waals surface area contributed by atoms with Crippen molar-refractivity contribution in [1.82, 2.24) is 15.0 Å². The molecule has 3 aromatic rings. The van der Waals surface area contributed by atoms with Crippen LogP contribution in [0, 0.1) is 6.92 Å². The van der Waals surface area contributed by atoms with Gasteiger partial charge in [-0.05, 0) is 37.3 Å². The minimum Gasteiger partial charge on any atom is -0.497 e. The lowest BCUT2D eigenvalue weighted by Gasteiger charge is -2.10. The first kappa shape index (κ1) is 19.1. The van der Waals surface area contributed by atoms with E-state index in [1.54, 1.807) is 57.5 Å². The summed E-state index contributed by atoms with van der Waals surface area (Å²) in [7, 11) is 3.10. The molecule has 8 heteroatoms. The highest BCUT2D eigenvalue weighted by Gasteiger charge is 2.11. The topological polar surface area (TPSA) is 94.8 Å². The van der Waals surface area contributed by atoms with Crippen molar-refractivity contribution in [2.45, 2.75) is 13.5 Å². The summed E-state index contributed by atoms with van der Waals surface area (Å²) in [4.78, 5) is 29.0. The van der Waals surface area contributed by atoms with Crippen LogP contribution < -0.4 is 20.5 Å². The zero-order valence-corrected chi connectivity index (χ0v) is 15.8. The van der Waals surface area contributed by atoms with Crippen LogP contribution in [0.5, 0.6) is 11.5 Å². The number of benzene rings is 2. The van der Waals surface area contributed by atoms with Gasteiger partial charge in [0.1, 0.15) is 23.7 Å². The molecule has 0 aliphatic carbocycles. The first-order valence-electron chi connectivity index (χ1n) is 8.53. The summed E-state index contributed by atoms with van der Waals surface area (Å²) in [5.41, 5.74) is 4.33. The van der Waals surface area contributed by atoms with Gasteiger partial charge in [-0.15, -0.1) is 0 Å². The molecule has 28 heavy (non-hydrogen) atoms. The SMILES string of the molecule is COc1ccc(OC)c(/C=N\NC(=O)Cn2c(=O)c(C)nc3ccccc32)c1. The summed E-state index contributed by atoms with van der Waals surface area (Å²) in [6.45, 7) is 1.45. The average Bonchev–Trinajstić information content (AvgIpc) is 2.71. The number of ether oxygens (including phenoxy) is 2. The van der Waals surface area contributed by atoms with Crippen molar-refractivity contribution in [2.75, 3.05) is 14.2 Å². The number of hydrogen-bond donors (Lipinski definition) is 1. The van der Waals surface area contributed by atoms with E-state index in [1.165, 1.54) is 10.8 Å². The first-order valence-corrected chi connectivity index (χ1v) is 8.53. The molecule has 0 fully saturated rings. The van der Waals surface area contributed by atoms with Crippen LogP contribution in [0.25, 0.3) is 11.0 Å². The molecule has 3 rings (SSSR count). The molecule has 0 aliphatic heterocycles. The number of aromatic nitrogens is 2. The maximum atomic E-state index is 12.4. The predicted octanol–water partition coefficient (Wildman–Crippen LogP) is 1.87. The summed E-state index contributed by atoms with van der Waals surface area (Å²) in [5.74, 6) is 0.792. The van der Waals surface area contributed by atoms with E-state index in [9.17, 15) is 9.59 Å². The highest BCUT2D eigenvalue weighted by Crippen LogP contribution is 2.22. The van der Waals surface area contributed by atoms with E-state index >= 15 is 0 Å². The maximum absolute atomic E-state index is 12.4. The molecule has 8 nitrogen and oxygen atoms in total. The maximum Gasteiger partial charge on any atom is 0.272 e. The number of hydrogen-bond acceptors (Lipinski definition) is 6. The molecule has 0 unspecified atom stereocenters. The third-order valence-electron chi connectivity index (χ3n) is 4.15. The fourth-order valence-corrected chi connectivity index (χ4v) is 2.77. The van der Waals surface area contributed by atoms with Gasteiger partial charge in [-0.2, -0.15) is 5.10 Å². The van der Waals surface area contributed by atoms with Crippen LogP contribution in [0.2, 0.25) is 0 Å². The number of methoxy groups -OCH3 is 2. The first-order chi connectivity index (χ1) is 13.5. The molecule has 0 radical (unpaired) electrons. The van der Waals surface area contributed by atoms with Gasteiger partial charge in [-0.3, -0.25) is 14.2 Å². The standard InChI is InChI=1S/C20H20N4O4/c1-13-20(26)24(17-7-5-4-6-16(17)22-13)12-19(25)23-21-11-14-10-15(27-2)8-9-18(14)28-3/h4-11H,12H2,1-3H3,(H,23,25)/b21-11-. The largest absolute Gasteiger partial charge is 0.497 e. The van der Waals surface area contributed by atoms with Crippen LogP contribution in [0.4, 0.5) is 0 Å². The molecule has 1 N–H and O–H groups in total. The average molecular weight is 380 g/mol. The molecule has 0 aliphatic rings. The number of aryl methyl sites for hydroxylation is 1. The summed E-state index contributed by atoms with van der Waals surface area (Å²) in [5, 5.41) is 3.96. The Hall–Kier alpha value is -3.68. The normalized spacial score (nSPS) is 11.0. The lowest BCUT2D eigenvalue weighted by molar-refractivity contribution is -0.121. The van der Waals surface area contributed by atoms with Crippen molar-refractivity contribution >= 4 is 23.2 Å². The summed E-state index contributed by atoms with van der Waals surface area (Å²) < 4.78 is 11.8. The van der Waals surface area contributed by atoms with Gasteiger partial charge >= 0.3 is 0 Å². The van der Waals surface area contributed by atoms with Crippen molar-refractivity contribution in [1.29, 1.82) is 0 Å². The second-order valence-electron chi connectivity index (χ2n) is 5.98. The van der Waals surface area contributed by atoms with E-state index in [2.05, 4.69) is 15.5 Å². The second kappa shape index (κ2) is 8.34. The van der Waals surface area contributed by atoms with E-state index in [0.717, 1.165) is 0 Å². The van der Waals surface area contributed by atoms with Crippen molar-refractivity contribution in [3.63, 3.8) is 0 Å². The van der Waals surface area contributed by atoms with Crippen molar-refractivity contribution in [3.8, 4) is 11.5 Å². The number of nitrogens with zero attached hydrogens (tertiary/aromatic N) is 3. The second-order valence-corrected chi connectivity index (χ2v) is 5.98. The molecule has 144 valence electrons. The number of amides is 1. The van der Waals surface area contributed by atoms with Crippen LogP contribution in [-0.4, -0.2) is 35.9 Å². The van der Waals surface area contributed by atoms with Gasteiger partial charge in [0, 0.05) is 5.56 Å². The van der Waals surface area contributed by atoms with Gasteiger partial charge < -0.3 is 9.47 Å². The number of para-hydroxylation sites is 2. The molecular weight excluding hydrogens is 360 g/mol. The van der Waals surface area contributed by atoms with Gasteiger partial charge in [0.15, 0.2) is 0 Å². The predicted molar refractivity (Wildman–Crippen MR) is 106 cm³/mol. The van der Waals surface area contributed by atoms with Crippen LogP contribution in [0.15, 0.2) is 52.4 Å². The number of carbonyl (C=O) groups excluding carboxylic acids is 1. The summed E-state index contributed by atoms with van der Waals surface area (Å²) >= 11 is 0. The lowest BCUT2D eigenvalue weighted by Crippen LogP contribution is -2.31. The minimum atomic E-state index is -0.434. The molecule has 1 aromatic heterocycles. The van der Waals surface area contributed by atoms with E-state index in [1.807, 2.05) is 6.07 Å². The molecule has 1 amide bonds. The fraction of sp³-hybridized carbons (Fsp3) is 0.200. The monoisotopic (exact) mass is 380 g/mol. The van der Waals surface area contributed by atoms with Crippen molar-refractivity contribution in [2.24, 2.45) is 5.10 Å². The van der Waals surface area contributed by atoms with E-state index in [4.69, 9.17) is 9.47 Å². The minimum absolute atomic E-state index is 0.171. The number of fused-ring (bicyclic) bond motifs is 1. The van der Waals surface area contributed by atoms with Crippen LogP contribution in [0.3, 0.4) is 0 Å². The highest BCUT2D eigenvalue weighted by molar-refractivity contribution is 5.86. The fourth-order valence-electron chi connectivity index (χ4n) is 2.77. The Balaban J connectivity index is 1.79. The van der Waals surface area contributed by atoms with Gasteiger partial charge in [0.2, 0.25) is 0 Å². The Bertz CT molecular complexity index is 1110. The van der Waals surface area contributed by atoms with Crippen LogP contribution in [-0.2, 0) is 11.3 Å². The van der Waals surface area contributed by atoms with Crippen LogP contribution in [0.1, 0.15) is 11.3 Å². The molecule has 2 aromatic carbocycles. The Morgan fingerprint density at radius 1 is 1.21 bits per heavy atom. The van der Waals surface area contributed by atoms with E-state index in [-0.39, 0.29) is 12.1 Å². The third kappa shape index (κ3) is 4.01. The molecule has 0 saturated carbocycles. The van der Waals surface area contributed by atoms with E-state index < -0.39 is 5.91 Å². The molecular formula is C20H20N4O4. The molecule has 0 saturated heterocycles. The zero-order chi connectivity index (χ0) is 20.1.